The Morgan fingerprint density at radius 2 is 2.45 bits per heavy atom. The molecule has 1 atom stereocenters. The van der Waals surface area contributed by atoms with Gasteiger partial charge in [0.05, 0.1) is 10.2 Å². The molecule has 0 saturated carbocycles. The molecule has 0 aromatic rings. The molecule has 56 valence electrons. The number of allylic oxidation sites excluding steroid dienone is 3. The summed E-state index contributed by atoms with van der Waals surface area (Å²) in [4.78, 5) is 10.9. The highest BCUT2D eigenvalue weighted by molar-refractivity contribution is 8.05. The van der Waals surface area contributed by atoms with Crippen molar-refractivity contribution in [3.8, 4) is 0 Å². The number of hydrogen-bond acceptors (Lipinski definition) is 2. The minimum absolute atomic E-state index is 0.265. The Bertz CT molecular complexity index is 299. The Hall–Kier alpha value is -0.960. The van der Waals surface area contributed by atoms with Gasteiger partial charge in [0, 0.05) is 0 Å². The lowest BCUT2D eigenvalue weighted by Gasteiger charge is -1.98. The first-order chi connectivity index (χ1) is 5.27. The van der Waals surface area contributed by atoms with Crippen LogP contribution in [-0.2, 0) is 4.79 Å². The van der Waals surface area contributed by atoms with E-state index in [1.807, 2.05) is 18.2 Å². The fourth-order valence-electron chi connectivity index (χ4n) is 1.15. The molecule has 0 radical (unpaired) electrons. The molecule has 0 amide bonds. The lowest BCUT2D eigenvalue weighted by atomic mass is 10.2. The van der Waals surface area contributed by atoms with Crippen LogP contribution >= 0.6 is 11.8 Å². The van der Waals surface area contributed by atoms with E-state index in [9.17, 15) is 4.79 Å². The highest BCUT2D eigenvalue weighted by Gasteiger charge is 2.25. The zero-order valence-electron chi connectivity index (χ0n) is 5.65. The van der Waals surface area contributed by atoms with Gasteiger partial charge in [-0.1, -0.05) is 18.2 Å². The summed E-state index contributed by atoms with van der Waals surface area (Å²) in [6.45, 7) is 0. The average molecular weight is 166 g/mol. The zero-order chi connectivity index (χ0) is 7.84. The van der Waals surface area contributed by atoms with E-state index in [2.05, 4.69) is 0 Å². The van der Waals surface area contributed by atoms with E-state index in [-0.39, 0.29) is 5.25 Å². The normalized spacial score (nSPS) is 26.4. The minimum atomic E-state index is -0.821. The van der Waals surface area contributed by atoms with Crippen LogP contribution in [-0.4, -0.2) is 16.3 Å². The quantitative estimate of drug-likeness (QED) is 0.642. The van der Waals surface area contributed by atoms with Gasteiger partial charge < -0.3 is 5.11 Å². The molecule has 11 heavy (non-hydrogen) atoms. The van der Waals surface area contributed by atoms with Gasteiger partial charge in [0.2, 0.25) is 0 Å². The Morgan fingerprint density at radius 1 is 1.64 bits per heavy atom. The SMILES string of the molecule is O=C(O)C1=CC2=CC=CC2S1. The Morgan fingerprint density at radius 3 is 3.09 bits per heavy atom. The number of carbonyl (C=O) groups is 1. The van der Waals surface area contributed by atoms with Gasteiger partial charge in [0.15, 0.2) is 0 Å². The van der Waals surface area contributed by atoms with Gasteiger partial charge in [0.1, 0.15) is 0 Å². The molecule has 3 heteroatoms. The molecule has 1 heterocycles. The average Bonchev–Trinajstić information content (AvgIpc) is 2.40. The van der Waals surface area contributed by atoms with Crippen LogP contribution in [0.4, 0.5) is 0 Å². The van der Waals surface area contributed by atoms with Gasteiger partial charge in [-0.05, 0) is 11.6 Å². The fraction of sp³-hybridized carbons (Fsp3) is 0.125. The Labute approximate surface area is 68.3 Å². The molecule has 1 aliphatic heterocycles. The van der Waals surface area contributed by atoms with Crippen LogP contribution in [0.5, 0.6) is 0 Å². The van der Waals surface area contributed by atoms with Crippen LogP contribution in [0.2, 0.25) is 0 Å². The topological polar surface area (TPSA) is 37.3 Å². The summed E-state index contributed by atoms with van der Waals surface area (Å²) in [5.74, 6) is -0.821. The van der Waals surface area contributed by atoms with Crippen molar-refractivity contribution in [1.82, 2.24) is 0 Å². The van der Waals surface area contributed by atoms with Crippen molar-refractivity contribution in [3.63, 3.8) is 0 Å². The number of rotatable bonds is 1. The molecule has 0 saturated heterocycles. The predicted molar refractivity (Wildman–Crippen MR) is 44.3 cm³/mol. The molecule has 1 N–H and O–H groups in total. The van der Waals surface area contributed by atoms with Gasteiger partial charge in [-0.2, -0.15) is 0 Å². The number of aliphatic carboxylic acids is 1. The van der Waals surface area contributed by atoms with E-state index in [4.69, 9.17) is 5.11 Å². The van der Waals surface area contributed by atoms with Crippen LogP contribution in [0.3, 0.4) is 0 Å². The van der Waals surface area contributed by atoms with E-state index in [0.717, 1.165) is 5.57 Å². The van der Waals surface area contributed by atoms with E-state index < -0.39 is 5.97 Å². The minimum Gasteiger partial charge on any atom is -0.477 e. The molecule has 1 aliphatic carbocycles. The number of carboxylic acids is 1. The number of thioether (sulfide) groups is 1. The molecular weight excluding hydrogens is 160 g/mol. The molecule has 2 nitrogen and oxygen atoms in total. The zero-order valence-corrected chi connectivity index (χ0v) is 6.47. The van der Waals surface area contributed by atoms with Crippen molar-refractivity contribution >= 4 is 17.7 Å². The largest absolute Gasteiger partial charge is 0.477 e. The molecule has 2 rings (SSSR count). The van der Waals surface area contributed by atoms with Gasteiger partial charge in [-0.3, -0.25) is 0 Å². The smallest absolute Gasteiger partial charge is 0.342 e. The first-order valence-corrected chi connectivity index (χ1v) is 4.15. The summed E-state index contributed by atoms with van der Waals surface area (Å²) >= 11 is 1.40. The first-order valence-electron chi connectivity index (χ1n) is 3.27. The monoisotopic (exact) mass is 166 g/mol. The van der Waals surface area contributed by atoms with Crippen LogP contribution in [0.15, 0.2) is 34.8 Å². The summed E-state index contributed by atoms with van der Waals surface area (Å²) in [6.07, 6.45) is 7.65. The maximum Gasteiger partial charge on any atom is 0.342 e. The summed E-state index contributed by atoms with van der Waals surface area (Å²) in [6, 6.07) is 0. The van der Waals surface area contributed by atoms with E-state index in [1.165, 1.54) is 11.8 Å². The van der Waals surface area contributed by atoms with Crippen LogP contribution in [0.25, 0.3) is 0 Å². The van der Waals surface area contributed by atoms with Gasteiger partial charge >= 0.3 is 5.97 Å². The number of fused-ring (bicyclic) bond motifs is 1. The third-order valence-electron chi connectivity index (χ3n) is 1.67. The second kappa shape index (κ2) is 2.27. The Balaban J connectivity index is 2.27. The molecule has 0 fully saturated rings. The van der Waals surface area contributed by atoms with E-state index >= 15 is 0 Å². The van der Waals surface area contributed by atoms with Crippen molar-refractivity contribution in [1.29, 1.82) is 0 Å². The van der Waals surface area contributed by atoms with Crippen LogP contribution in [0.1, 0.15) is 0 Å². The first kappa shape index (κ1) is 6.73. The van der Waals surface area contributed by atoms with Crippen molar-refractivity contribution in [2.45, 2.75) is 5.25 Å². The standard InChI is InChI=1S/C8H6O2S/c9-8(10)7-4-5-2-1-3-6(5)11-7/h1-4,6H,(H,9,10). The third-order valence-corrected chi connectivity index (χ3v) is 2.90. The number of carboxylic acid groups (broad SMARTS) is 1. The number of hydrogen-bond donors (Lipinski definition) is 1. The Kier molecular flexibility index (Phi) is 1.39. The maximum atomic E-state index is 10.5. The summed E-state index contributed by atoms with van der Waals surface area (Å²) in [5, 5.41) is 8.89. The third kappa shape index (κ3) is 1.01. The molecule has 0 aromatic carbocycles. The van der Waals surface area contributed by atoms with Crippen molar-refractivity contribution in [3.05, 3.63) is 34.8 Å². The maximum absolute atomic E-state index is 10.5. The summed E-state index contributed by atoms with van der Waals surface area (Å²) < 4.78 is 0. The van der Waals surface area contributed by atoms with Crippen LogP contribution in [0, 0.1) is 0 Å². The van der Waals surface area contributed by atoms with Crippen molar-refractivity contribution in [2.75, 3.05) is 0 Å². The van der Waals surface area contributed by atoms with Crippen LogP contribution < -0.4 is 0 Å². The highest BCUT2D eigenvalue weighted by atomic mass is 32.2. The lowest BCUT2D eigenvalue weighted by molar-refractivity contribution is -0.131. The van der Waals surface area contributed by atoms with Gasteiger partial charge in [-0.25, -0.2) is 4.79 Å². The molecule has 0 aromatic heterocycles. The molecule has 2 aliphatic rings. The summed E-state index contributed by atoms with van der Waals surface area (Å²) in [7, 11) is 0. The molecule has 0 bridgehead atoms. The molecule has 1 unspecified atom stereocenters. The van der Waals surface area contributed by atoms with E-state index in [1.54, 1.807) is 6.08 Å². The van der Waals surface area contributed by atoms with E-state index in [0.29, 0.717) is 4.91 Å². The molecule has 0 spiro atoms. The van der Waals surface area contributed by atoms with Gasteiger partial charge in [-0.15, -0.1) is 11.8 Å². The lowest BCUT2D eigenvalue weighted by Crippen LogP contribution is -1.95. The predicted octanol–water partition coefficient (Wildman–Crippen LogP) is 1.57. The second-order valence-corrected chi connectivity index (χ2v) is 3.59. The second-order valence-electron chi connectivity index (χ2n) is 2.40. The molecular formula is C8H6O2S. The van der Waals surface area contributed by atoms with Crippen molar-refractivity contribution < 1.29 is 9.90 Å². The van der Waals surface area contributed by atoms with Gasteiger partial charge in [0.25, 0.3) is 0 Å². The fourth-order valence-corrected chi connectivity index (χ4v) is 2.18. The summed E-state index contributed by atoms with van der Waals surface area (Å²) in [5.41, 5.74) is 1.10. The highest BCUT2D eigenvalue weighted by Crippen LogP contribution is 2.39. The van der Waals surface area contributed by atoms with Crippen molar-refractivity contribution in [2.24, 2.45) is 0 Å².